The summed E-state index contributed by atoms with van der Waals surface area (Å²) in [5.41, 5.74) is 4.42. The number of rotatable bonds is 12. The van der Waals surface area contributed by atoms with Gasteiger partial charge in [-0.05, 0) is 73.5 Å². The second-order valence-corrected chi connectivity index (χ2v) is 9.58. The maximum Gasteiger partial charge on any atom is 0.333 e. The van der Waals surface area contributed by atoms with E-state index in [9.17, 15) is 9.90 Å². The van der Waals surface area contributed by atoms with Crippen molar-refractivity contribution in [1.29, 1.82) is 0 Å². The van der Waals surface area contributed by atoms with Gasteiger partial charge in [0.2, 0.25) is 0 Å². The van der Waals surface area contributed by atoms with Crippen molar-refractivity contribution in [2.24, 2.45) is 0 Å². The average molecular weight is 502 g/mol. The molecule has 1 unspecified atom stereocenters. The van der Waals surface area contributed by atoms with Crippen molar-refractivity contribution in [2.45, 2.75) is 42.7 Å². The van der Waals surface area contributed by atoms with Crippen LogP contribution in [0, 0.1) is 6.92 Å². The Morgan fingerprint density at radius 3 is 2.28 bits per heavy atom. The molecule has 0 saturated heterocycles. The van der Waals surface area contributed by atoms with Crippen LogP contribution in [0.1, 0.15) is 18.2 Å². The number of benzene rings is 3. The van der Waals surface area contributed by atoms with E-state index in [1.807, 2.05) is 30.3 Å². The minimum atomic E-state index is -0.945. The van der Waals surface area contributed by atoms with E-state index in [1.54, 1.807) is 18.7 Å². The van der Waals surface area contributed by atoms with Gasteiger partial charge in [-0.15, -0.1) is 0 Å². The molecule has 4 rings (SSSR count). The second kappa shape index (κ2) is 12.5. The number of hydrogen-bond donors (Lipinski definition) is 1. The minimum Gasteiger partial charge on any atom is -0.492 e. The van der Waals surface area contributed by atoms with Gasteiger partial charge >= 0.3 is 5.97 Å². The third-order valence-electron chi connectivity index (χ3n) is 5.90. The molecule has 186 valence electrons. The van der Waals surface area contributed by atoms with Gasteiger partial charge in [-0.1, -0.05) is 54.2 Å². The Labute approximate surface area is 216 Å². The fourth-order valence-corrected chi connectivity index (χ4v) is 4.88. The van der Waals surface area contributed by atoms with Gasteiger partial charge in [-0.25, -0.2) is 4.79 Å². The lowest BCUT2D eigenvalue weighted by Crippen LogP contribution is -2.26. The lowest BCUT2D eigenvalue weighted by molar-refractivity contribution is -0.149. The van der Waals surface area contributed by atoms with Crippen LogP contribution in [-0.2, 0) is 22.5 Å². The van der Waals surface area contributed by atoms with Crippen molar-refractivity contribution in [3.05, 3.63) is 102 Å². The van der Waals surface area contributed by atoms with E-state index in [2.05, 4.69) is 72.2 Å². The zero-order valence-electron chi connectivity index (χ0n) is 20.6. The lowest BCUT2D eigenvalue weighted by atomic mass is 10.1. The van der Waals surface area contributed by atoms with Crippen molar-refractivity contribution >= 4 is 17.7 Å². The summed E-state index contributed by atoms with van der Waals surface area (Å²) < 4.78 is 13.6. The highest BCUT2D eigenvalue weighted by Gasteiger charge is 2.17. The molecule has 0 saturated carbocycles. The zero-order valence-corrected chi connectivity index (χ0v) is 21.4. The SMILES string of the molecule is CCOC(Cc1ccc(OCCn2c(C)ccc2-c2ccc(Sc3ccccc3)cc2)cc1)C(=O)O. The maximum absolute atomic E-state index is 11.3. The number of carboxylic acids is 1. The first-order valence-corrected chi connectivity index (χ1v) is 12.9. The van der Waals surface area contributed by atoms with Crippen LogP contribution >= 0.6 is 11.8 Å². The molecule has 1 heterocycles. The van der Waals surface area contributed by atoms with Crippen LogP contribution in [0.2, 0.25) is 0 Å². The third-order valence-corrected chi connectivity index (χ3v) is 6.92. The van der Waals surface area contributed by atoms with Crippen molar-refractivity contribution < 1.29 is 19.4 Å². The van der Waals surface area contributed by atoms with E-state index < -0.39 is 12.1 Å². The molecule has 5 nitrogen and oxygen atoms in total. The highest BCUT2D eigenvalue weighted by Crippen LogP contribution is 2.30. The molecule has 1 aromatic heterocycles. The van der Waals surface area contributed by atoms with Gasteiger partial charge in [-0.3, -0.25) is 0 Å². The van der Waals surface area contributed by atoms with Crippen molar-refractivity contribution in [3.8, 4) is 17.0 Å². The van der Waals surface area contributed by atoms with Crippen LogP contribution in [0.5, 0.6) is 5.75 Å². The predicted molar refractivity (Wildman–Crippen MR) is 144 cm³/mol. The molecule has 0 fully saturated rings. The number of aliphatic carboxylic acids is 1. The number of aromatic nitrogens is 1. The smallest absolute Gasteiger partial charge is 0.333 e. The summed E-state index contributed by atoms with van der Waals surface area (Å²) in [6.45, 7) is 5.53. The fourth-order valence-electron chi connectivity index (χ4n) is 4.05. The normalized spacial score (nSPS) is 11.8. The van der Waals surface area contributed by atoms with Crippen LogP contribution in [0.3, 0.4) is 0 Å². The van der Waals surface area contributed by atoms with Gasteiger partial charge in [0.1, 0.15) is 12.4 Å². The number of carbonyl (C=O) groups is 1. The van der Waals surface area contributed by atoms with Gasteiger partial charge in [0, 0.05) is 34.2 Å². The van der Waals surface area contributed by atoms with E-state index in [4.69, 9.17) is 9.47 Å². The second-order valence-electron chi connectivity index (χ2n) is 8.43. The highest BCUT2D eigenvalue weighted by molar-refractivity contribution is 7.99. The molecule has 0 aliphatic rings. The summed E-state index contributed by atoms with van der Waals surface area (Å²) >= 11 is 1.76. The van der Waals surface area contributed by atoms with E-state index in [1.165, 1.54) is 26.7 Å². The van der Waals surface area contributed by atoms with Gasteiger partial charge in [0.25, 0.3) is 0 Å². The van der Waals surface area contributed by atoms with Gasteiger partial charge < -0.3 is 19.1 Å². The Hall–Kier alpha value is -3.48. The Morgan fingerprint density at radius 1 is 0.917 bits per heavy atom. The van der Waals surface area contributed by atoms with Crippen molar-refractivity contribution in [3.63, 3.8) is 0 Å². The highest BCUT2D eigenvalue weighted by atomic mass is 32.2. The number of carboxylic acid groups (broad SMARTS) is 1. The van der Waals surface area contributed by atoms with Crippen LogP contribution in [0.15, 0.2) is 101 Å². The Bertz CT molecular complexity index is 1250. The molecule has 0 bridgehead atoms. The Balaban J connectivity index is 1.35. The van der Waals surface area contributed by atoms with Crippen LogP contribution in [0.25, 0.3) is 11.3 Å². The quantitative estimate of drug-likeness (QED) is 0.233. The van der Waals surface area contributed by atoms with E-state index in [-0.39, 0.29) is 0 Å². The average Bonchev–Trinajstić information content (AvgIpc) is 3.26. The van der Waals surface area contributed by atoms with E-state index in [0.29, 0.717) is 19.6 Å². The van der Waals surface area contributed by atoms with Gasteiger partial charge in [0.15, 0.2) is 6.10 Å². The summed E-state index contributed by atoms with van der Waals surface area (Å²) in [5.74, 6) is -0.185. The molecule has 36 heavy (non-hydrogen) atoms. The molecule has 4 aromatic rings. The van der Waals surface area contributed by atoms with Crippen LogP contribution in [0.4, 0.5) is 0 Å². The fraction of sp³-hybridized carbons (Fsp3) is 0.233. The van der Waals surface area contributed by atoms with Crippen LogP contribution in [-0.4, -0.2) is 35.0 Å². The van der Waals surface area contributed by atoms with E-state index >= 15 is 0 Å². The first-order chi connectivity index (χ1) is 17.5. The molecule has 6 heteroatoms. The third kappa shape index (κ3) is 6.80. The molecule has 0 spiro atoms. The number of ether oxygens (including phenoxy) is 2. The Morgan fingerprint density at radius 2 is 1.61 bits per heavy atom. The van der Waals surface area contributed by atoms with Gasteiger partial charge in [0.05, 0.1) is 6.54 Å². The summed E-state index contributed by atoms with van der Waals surface area (Å²) in [6, 6.07) is 30.9. The largest absolute Gasteiger partial charge is 0.492 e. The first kappa shape index (κ1) is 25.6. The summed E-state index contributed by atoms with van der Waals surface area (Å²) in [6.07, 6.45) is -0.499. The standard InChI is InChI=1S/C30H31NO4S/c1-3-34-29(30(32)33)21-23-10-14-25(15-11-23)35-20-19-31-22(2)9-18-28(31)24-12-16-27(17-13-24)36-26-7-5-4-6-8-26/h4-18,29H,3,19-21H2,1-2H3,(H,32,33). The topological polar surface area (TPSA) is 60.7 Å². The molecule has 3 aromatic carbocycles. The summed E-state index contributed by atoms with van der Waals surface area (Å²) in [7, 11) is 0. The first-order valence-electron chi connectivity index (χ1n) is 12.1. The minimum absolute atomic E-state index is 0.331. The molecular weight excluding hydrogens is 470 g/mol. The van der Waals surface area contributed by atoms with Gasteiger partial charge in [-0.2, -0.15) is 0 Å². The Kier molecular flexibility index (Phi) is 8.87. The molecule has 0 amide bonds. The summed E-state index contributed by atoms with van der Waals surface area (Å²) in [5, 5.41) is 9.27. The number of nitrogens with zero attached hydrogens (tertiary/aromatic N) is 1. The molecular formula is C30H31NO4S. The van der Waals surface area contributed by atoms with Crippen LogP contribution < -0.4 is 4.74 Å². The molecule has 0 radical (unpaired) electrons. The predicted octanol–water partition coefficient (Wildman–Crippen LogP) is 6.73. The number of hydrogen-bond acceptors (Lipinski definition) is 4. The maximum atomic E-state index is 11.3. The summed E-state index contributed by atoms with van der Waals surface area (Å²) in [4.78, 5) is 13.7. The molecule has 1 N–H and O–H groups in total. The molecule has 1 atom stereocenters. The van der Waals surface area contributed by atoms with E-state index in [0.717, 1.165) is 17.9 Å². The molecule has 0 aliphatic heterocycles. The number of aryl methyl sites for hydroxylation is 1. The van der Waals surface area contributed by atoms with Crippen molar-refractivity contribution in [1.82, 2.24) is 4.57 Å². The zero-order chi connectivity index (χ0) is 25.3. The molecule has 0 aliphatic carbocycles. The van der Waals surface area contributed by atoms with Crippen molar-refractivity contribution in [2.75, 3.05) is 13.2 Å². The lowest BCUT2D eigenvalue weighted by Gasteiger charge is -2.14. The monoisotopic (exact) mass is 501 g/mol.